The van der Waals surface area contributed by atoms with E-state index in [1.54, 1.807) is 0 Å². The molecule has 0 aromatic rings. The Morgan fingerprint density at radius 2 is 0.740 bits per heavy atom. The fourth-order valence-corrected chi connectivity index (χ4v) is 8.89. The van der Waals surface area contributed by atoms with Crippen LogP contribution in [0, 0.1) is 0 Å². The number of rotatable bonds is 54. The smallest absolute Gasteiger partial charge is 0.862 e. The van der Waals surface area contributed by atoms with Gasteiger partial charge in [-0.15, -0.1) is 0 Å². The van der Waals surface area contributed by atoms with E-state index in [2.05, 4.69) is 48.3 Å². The average molecular weight is 1060 g/mol. The third kappa shape index (κ3) is 59.2. The van der Waals surface area contributed by atoms with Crippen molar-refractivity contribution in [3.8, 4) is 0 Å². The summed E-state index contributed by atoms with van der Waals surface area (Å²) in [6.45, 7) is 9.89. The topological polar surface area (TPSA) is 204 Å². The molecular formula is C60H114CaN4O8. The van der Waals surface area contributed by atoms with Crippen molar-refractivity contribution in [2.45, 2.75) is 335 Å². The van der Waals surface area contributed by atoms with Crippen molar-refractivity contribution in [3.05, 3.63) is 0 Å². The predicted octanol–water partition coefficient (Wildman–Crippen LogP) is 14.3. The molecule has 0 spiro atoms. The van der Waals surface area contributed by atoms with Crippen LogP contribution < -0.4 is 20.8 Å². The van der Waals surface area contributed by atoms with Crippen LogP contribution in [0.1, 0.15) is 323 Å². The van der Waals surface area contributed by atoms with Crippen molar-refractivity contribution in [3.63, 3.8) is 0 Å². The molecule has 0 aliphatic heterocycles. The fourth-order valence-electron chi connectivity index (χ4n) is 8.89. The standard InChI is InChI=1S/2C30H58N2O4.Ca/c2*1-3-5-7-9-11-13-15-17-19-24-28(33)31-26-22-21-23-27(30(35)36)32-29(34)25-20-18-16-14-12-10-8-6-4-2;/h2*27H,3-26H2,1-2H3,(H,31,33)(H,32,34)(H,35,36);/q;;+2/p-2/t2*27-;/m00./s1. The molecular weight excluding hydrogens is 945 g/mol. The number of unbranched alkanes of at least 4 members (excludes halogenated alkanes) is 34. The molecule has 13 heteroatoms. The molecule has 4 N–H and O–H groups in total. The van der Waals surface area contributed by atoms with E-state index in [0.29, 0.717) is 70.9 Å². The monoisotopic (exact) mass is 1060 g/mol. The van der Waals surface area contributed by atoms with Gasteiger partial charge in [-0.2, -0.15) is 0 Å². The first kappa shape index (κ1) is 75.3. The van der Waals surface area contributed by atoms with Gasteiger partial charge in [0.05, 0.1) is 0 Å². The SMILES string of the molecule is CCCCCCCCCCCC(=O)NCCCC[C@H](NC(=O)CCCCCCCCCCC)C(=O)O.CCCCCCCCCCCC([O-])=NCCCC[C@H](N=C([O-])CCCCCCCCCCC)C(=O)O.[Ca+2]. The van der Waals surface area contributed by atoms with E-state index in [1.165, 1.54) is 167 Å². The zero-order valence-electron chi connectivity index (χ0n) is 48.0. The summed E-state index contributed by atoms with van der Waals surface area (Å²) in [6.07, 6.45) is 48.6. The van der Waals surface area contributed by atoms with Crippen LogP contribution in [0.5, 0.6) is 0 Å². The van der Waals surface area contributed by atoms with Gasteiger partial charge in [0.1, 0.15) is 12.1 Å². The van der Waals surface area contributed by atoms with Crippen molar-refractivity contribution in [2.75, 3.05) is 13.1 Å². The molecule has 2 atom stereocenters. The number of carboxylic acids is 2. The largest absolute Gasteiger partial charge is 2.00 e. The van der Waals surface area contributed by atoms with Gasteiger partial charge in [-0.05, 0) is 88.8 Å². The first-order valence-corrected chi connectivity index (χ1v) is 30.5. The summed E-state index contributed by atoms with van der Waals surface area (Å²) < 4.78 is 0. The third-order valence-corrected chi connectivity index (χ3v) is 13.6. The Morgan fingerprint density at radius 3 is 1.12 bits per heavy atom. The molecule has 0 saturated carbocycles. The number of carboxylic acid groups (broad SMARTS) is 2. The van der Waals surface area contributed by atoms with Gasteiger partial charge in [0.2, 0.25) is 11.8 Å². The predicted molar refractivity (Wildman–Crippen MR) is 305 cm³/mol. The van der Waals surface area contributed by atoms with Crippen LogP contribution in [-0.4, -0.2) is 109 Å². The Morgan fingerprint density at radius 1 is 0.397 bits per heavy atom. The number of nitrogens with zero attached hydrogens (tertiary/aromatic N) is 2. The maximum absolute atomic E-state index is 12.1. The molecule has 0 aromatic heterocycles. The minimum Gasteiger partial charge on any atom is -0.862 e. The van der Waals surface area contributed by atoms with Crippen molar-refractivity contribution in [2.24, 2.45) is 9.98 Å². The van der Waals surface area contributed by atoms with E-state index in [0.717, 1.165) is 70.6 Å². The summed E-state index contributed by atoms with van der Waals surface area (Å²) in [7, 11) is 0. The van der Waals surface area contributed by atoms with Crippen LogP contribution in [0.4, 0.5) is 0 Å². The first-order valence-electron chi connectivity index (χ1n) is 30.5. The van der Waals surface area contributed by atoms with E-state index in [4.69, 9.17) is 0 Å². The molecule has 12 nitrogen and oxygen atoms in total. The van der Waals surface area contributed by atoms with E-state index in [9.17, 15) is 39.6 Å². The van der Waals surface area contributed by atoms with Gasteiger partial charge in [0, 0.05) is 25.9 Å². The number of carbonyl (C=O) groups is 4. The molecule has 0 aromatic carbocycles. The molecule has 0 heterocycles. The Bertz CT molecular complexity index is 1300. The molecule has 0 aliphatic carbocycles. The summed E-state index contributed by atoms with van der Waals surface area (Å²) in [5.41, 5.74) is 0. The normalized spacial score (nSPS) is 12.4. The molecule has 0 radical (unpaired) electrons. The van der Waals surface area contributed by atoms with Crippen LogP contribution in [0.2, 0.25) is 0 Å². The number of hydrogen-bond donors (Lipinski definition) is 4. The zero-order valence-corrected chi connectivity index (χ0v) is 50.2. The number of nitrogens with one attached hydrogen (secondary N) is 2. The molecule has 0 aliphatic rings. The van der Waals surface area contributed by atoms with Crippen LogP contribution in [0.25, 0.3) is 0 Å². The zero-order chi connectivity index (χ0) is 53.4. The number of aliphatic carboxylic acids is 2. The second kappa shape index (κ2) is 60.9. The van der Waals surface area contributed by atoms with Gasteiger partial charge in [-0.25, -0.2) is 9.59 Å². The maximum atomic E-state index is 12.1. The summed E-state index contributed by atoms with van der Waals surface area (Å²) in [5.74, 6) is -2.46. The summed E-state index contributed by atoms with van der Waals surface area (Å²) in [5, 5.41) is 48.4. The molecule has 0 bridgehead atoms. The first-order chi connectivity index (χ1) is 35.0. The van der Waals surface area contributed by atoms with Gasteiger partial charge in [-0.3, -0.25) is 14.6 Å². The minimum atomic E-state index is -1.05. The molecule has 424 valence electrons. The Labute approximate surface area is 478 Å². The van der Waals surface area contributed by atoms with Crippen molar-refractivity contribution in [1.82, 2.24) is 10.6 Å². The van der Waals surface area contributed by atoms with Crippen LogP contribution in [0.15, 0.2) is 9.98 Å². The molecule has 2 amide bonds. The summed E-state index contributed by atoms with van der Waals surface area (Å²) in [6, 6.07) is -1.82. The van der Waals surface area contributed by atoms with Crippen LogP contribution in [0.3, 0.4) is 0 Å². The Hall–Kier alpha value is -1.92. The van der Waals surface area contributed by atoms with Crippen molar-refractivity contribution >= 4 is 73.3 Å². The maximum Gasteiger partial charge on any atom is 2.00 e. The Kier molecular flexibility index (Phi) is 62.9. The molecule has 73 heavy (non-hydrogen) atoms. The van der Waals surface area contributed by atoms with Gasteiger partial charge >= 0.3 is 49.7 Å². The molecule has 0 fully saturated rings. The van der Waals surface area contributed by atoms with Crippen molar-refractivity contribution < 1.29 is 39.6 Å². The summed E-state index contributed by atoms with van der Waals surface area (Å²) in [4.78, 5) is 55.1. The van der Waals surface area contributed by atoms with Gasteiger partial charge in [-0.1, -0.05) is 233 Å². The van der Waals surface area contributed by atoms with Gasteiger partial charge in [0.15, 0.2) is 0 Å². The molecule has 0 rings (SSSR count). The number of amides is 2. The van der Waals surface area contributed by atoms with E-state index in [1.807, 2.05) is 0 Å². The number of aliphatic imine (C=N–C) groups is 2. The summed E-state index contributed by atoms with van der Waals surface area (Å²) >= 11 is 0. The van der Waals surface area contributed by atoms with Crippen LogP contribution >= 0.6 is 0 Å². The molecule has 0 unspecified atom stereocenters. The molecule has 0 saturated heterocycles. The average Bonchev–Trinajstić information content (AvgIpc) is 3.35. The Balaban J connectivity index is -0.00000132. The quantitative estimate of drug-likeness (QED) is 0.0199. The second-order valence-corrected chi connectivity index (χ2v) is 20.8. The van der Waals surface area contributed by atoms with Crippen molar-refractivity contribution in [1.29, 1.82) is 0 Å². The van der Waals surface area contributed by atoms with Crippen LogP contribution in [-0.2, 0) is 19.2 Å². The fraction of sp³-hybridized carbons (Fsp3) is 0.900. The van der Waals surface area contributed by atoms with E-state index < -0.39 is 24.0 Å². The number of hydrogen-bond acceptors (Lipinski definition) is 8. The minimum absolute atomic E-state index is 0. The van der Waals surface area contributed by atoms with E-state index in [-0.39, 0.29) is 61.3 Å². The van der Waals surface area contributed by atoms with Gasteiger partial charge < -0.3 is 36.1 Å². The number of carbonyl (C=O) groups excluding carboxylic acids is 2. The van der Waals surface area contributed by atoms with Gasteiger partial charge in [0.25, 0.3) is 0 Å². The third-order valence-electron chi connectivity index (χ3n) is 13.6. The van der Waals surface area contributed by atoms with E-state index >= 15 is 0 Å². The second-order valence-electron chi connectivity index (χ2n) is 20.8.